The Labute approximate surface area is 82.7 Å². The van der Waals surface area contributed by atoms with E-state index in [-0.39, 0.29) is 6.04 Å². The van der Waals surface area contributed by atoms with E-state index in [4.69, 9.17) is 5.11 Å². The Kier molecular flexibility index (Phi) is 3.11. The number of aliphatic carboxylic acids is 1. The molecule has 5 heteroatoms. The summed E-state index contributed by atoms with van der Waals surface area (Å²) in [5.41, 5.74) is 0.730. The topological polar surface area (TPSA) is 67.2 Å². The van der Waals surface area contributed by atoms with Crippen LogP contribution in [0, 0.1) is 0 Å². The second-order valence-corrected chi connectivity index (χ2v) is 3.51. The Morgan fingerprint density at radius 1 is 1.57 bits per heavy atom. The minimum atomic E-state index is -0.873. The molecule has 1 unspecified atom stereocenters. The zero-order valence-electron chi connectivity index (χ0n) is 8.56. The molecular weight excluding hydrogens is 182 g/mol. The third-order valence-electron chi connectivity index (χ3n) is 1.88. The highest BCUT2D eigenvalue weighted by molar-refractivity contribution is 5.76. The Bertz CT molecular complexity index is 320. The molecule has 0 radical (unpaired) electrons. The van der Waals surface area contributed by atoms with E-state index in [1.165, 1.54) is 0 Å². The largest absolute Gasteiger partial charge is 0.480 e. The normalized spacial score (nSPS) is 12.9. The van der Waals surface area contributed by atoms with Gasteiger partial charge in [-0.3, -0.25) is 9.48 Å². The molecule has 1 heterocycles. The van der Waals surface area contributed by atoms with Gasteiger partial charge in [-0.2, -0.15) is 5.10 Å². The van der Waals surface area contributed by atoms with Crippen LogP contribution in [0.15, 0.2) is 12.4 Å². The number of rotatable bonds is 4. The maximum Gasteiger partial charge on any atom is 0.325 e. The van der Waals surface area contributed by atoms with Gasteiger partial charge in [0.05, 0.1) is 11.9 Å². The third-order valence-corrected chi connectivity index (χ3v) is 1.88. The minimum Gasteiger partial charge on any atom is -0.480 e. The van der Waals surface area contributed by atoms with E-state index in [9.17, 15) is 4.79 Å². The molecule has 0 bridgehead atoms. The zero-order valence-corrected chi connectivity index (χ0v) is 8.56. The maximum atomic E-state index is 10.6. The van der Waals surface area contributed by atoms with Crippen molar-refractivity contribution in [2.75, 3.05) is 5.32 Å². The highest BCUT2D eigenvalue weighted by Gasteiger charge is 2.11. The molecule has 0 saturated heterocycles. The SMILES string of the molecule is CC(Nc1cnn(C(C)C)c1)C(=O)O. The quantitative estimate of drug-likeness (QED) is 0.764. The predicted molar refractivity (Wildman–Crippen MR) is 53.3 cm³/mol. The second kappa shape index (κ2) is 4.13. The number of nitrogens with zero attached hydrogens (tertiary/aromatic N) is 2. The van der Waals surface area contributed by atoms with Crippen molar-refractivity contribution in [2.24, 2.45) is 0 Å². The van der Waals surface area contributed by atoms with Gasteiger partial charge < -0.3 is 10.4 Å². The Morgan fingerprint density at radius 2 is 2.21 bits per heavy atom. The van der Waals surface area contributed by atoms with E-state index in [0.717, 1.165) is 5.69 Å². The van der Waals surface area contributed by atoms with Crippen LogP contribution in [0.1, 0.15) is 26.8 Å². The lowest BCUT2D eigenvalue weighted by atomic mass is 10.3. The zero-order chi connectivity index (χ0) is 10.7. The van der Waals surface area contributed by atoms with Crippen LogP contribution >= 0.6 is 0 Å². The Morgan fingerprint density at radius 3 is 2.64 bits per heavy atom. The monoisotopic (exact) mass is 197 g/mol. The number of hydrogen-bond donors (Lipinski definition) is 2. The van der Waals surface area contributed by atoms with Crippen molar-refractivity contribution < 1.29 is 9.90 Å². The van der Waals surface area contributed by atoms with Gasteiger partial charge in [-0.1, -0.05) is 0 Å². The van der Waals surface area contributed by atoms with Gasteiger partial charge in [0.2, 0.25) is 0 Å². The van der Waals surface area contributed by atoms with Crippen LogP contribution in [0.25, 0.3) is 0 Å². The molecule has 0 fully saturated rings. The molecule has 14 heavy (non-hydrogen) atoms. The molecule has 0 aliphatic rings. The van der Waals surface area contributed by atoms with Gasteiger partial charge >= 0.3 is 5.97 Å². The van der Waals surface area contributed by atoms with Gasteiger partial charge in [0, 0.05) is 12.2 Å². The van der Waals surface area contributed by atoms with Gasteiger partial charge in [0.15, 0.2) is 0 Å². The molecule has 0 spiro atoms. The molecule has 2 N–H and O–H groups in total. The van der Waals surface area contributed by atoms with Crippen molar-refractivity contribution in [3.05, 3.63) is 12.4 Å². The lowest BCUT2D eigenvalue weighted by Crippen LogP contribution is -2.25. The van der Waals surface area contributed by atoms with E-state index in [2.05, 4.69) is 10.4 Å². The van der Waals surface area contributed by atoms with Crippen molar-refractivity contribution in [2.45, 2.75) is 32.9 Å². The first-order valence-corrected chi connectivity index (χ1v) is 4.54. The third kappa shape index (κ3) is 2.48. The van der Waals surface area contributed by atoms with E-state index in [1.54, 1.807) is 24.0 Å². The first kappa shape index (κ1) is 10.6. The van der Waals surface area contributed by atoms with Gasteiger partial charge in [-0.05, 0) is 20.8 Å². The number of anilines is 1. The first-order chi connectivity index (χ1) is 6.50. The molecule has 1 rings (SSSR count). The van der Waals surface area contributed by atoms with Crippen LogP contribution in [-0.2, 0) is 4.79 Å². The second-order valence-electron chi connectivity index (χ2n) is 3.51. The smallest absolute Gasteiger partial charge is 0.325 e. The number of hydrogen-bond acceptors (Lipinski definition) is 3. The molecule has 1 atom stereocenters. The summed E-state index contributed by atoms with van der Waals surface area (Å²) in [4.78, 5) is 10.6. The van der Waals surface area contributed by atoms with E-state index in [1.807, 2.05) is 13.8 Å². The van der Waals surface area contributed by atoms with Crippen molar-refractivity contribution >= 4 is 11.7 Å². The molecule has 0 aliphatic carbocycles. The summed E-state index contributed by atoms with van der Waals surface area (Å²) in [7, 11) is 0. The molecule has 78 valence electrons. The van der Waals surface area contributed by atoms with Crippen LogP contribution in [0.5, 0.6) is 0 Å². The van der Waals surface area contributed by atoms with Crippen LogP contribution in [0.2, 0.25) is 0 Å². The van der Waals surface area contributed by atoms with Gasteiger partial charge in [0.25, 0.3) is 0 Å². The molecule has 0 saturated carbocycles. The van der Waals surface area contributed by atoms with E-state index >= 15 is 0 Å². The molecule has 1 aromatic heterocycles. The lowest BCUT2D eigenvalue weighted by Gasteiger charge is -2.07. The fourth-order valence-corrected chi connectivity index (χ4v) is 1.01. The summed E-state index contributed by atoms with van der Waals surface area (Å²) in [5.74, 6) is -0.873. The standard InChI is InChI=1S/C9H15N3O2/c1-6(2)12-5-8(4-10-12)11-7(3)9(13)14/h4-7,11H,1-3H3,(H,13,14). The summed E-state index contributed by atoms with van der Waals surface area (Å²) < 4.78 is 1.77. The van der Waals surface area contributed by atoms with Crippen molar-refractivity contribution in [1.29, 1.82) is 0 Å². The molecule has 0 amide bonds. The summed E-state index contributed by atoms with van der Waals surface area (Å²) in [6.45, 7) is 5.61. The number of carboxylic acid groups (broad SMARTS) is 1. The maximum absolute atomic E-state index is 10.6. The lowest BCUT2D eigenvalue weighted by molar-refractivity contribution is -0.137. The van der Waals surface area contributed by atoms with Crippen LogP contribution in [0.4, 0.5) is 5.69 Å². The van der Waals surface area contributed by atoms with Gasteiger partial charge in [-0.25, -0.2) is 0 Å². The predicted octanol–water partition coefficient (Wildman–Crippen LogP) is 1.35. The summed E-state index contributed by atoms with van der Waals surface area (Å²) in [6.07, 6.45) is 3.42. The van der Waals surface area contributed by atoms with Crippen molar-refractivity contribution in [3.63, 3.8) is 0 Å². The number of carboxylic acids is 1. The molecule has 5 nitrogen and oxygen atoms in total. The van der Waals surface area contributed by atoms with Crippen LogP contribution in [-0.4, -0.2) is 26.9 Å². The Hall–Kier alpha value is -1.52. The number of carbonyl (C=O) groups is 1. The van der Waals surface area contributed by atoms with Crippen LogP contribution < -0.4 is 5.32 Å². The minimum absolute atomic E-state index is 0.283. The highest BCUT2D eigenvalue weighted by Crippen LogP contribution is 2.10. The number of nitrogens with one attached hydrogen (secondary N) is 1. The van der Waals surface area contributed by atoms with E-state index in [0.29, 0.717) is 0 Å². The number of aromatic nitrogens is 2. The molecular formula is C9H15N3O2. The van der Waals surface area contributed by atoms with Crippen LogP contribution in [0.3, 0.4) is 0 Å². The molecule has 1 aromatic rings. The van der Waals surface area contributed by atoms with Gasteiger partial charge in [-0.15, -0.1) is 0 Å². The average molecular weight is 197 g/mol. The summed E-state index contributed by atoms with van der Waals surface area (Å²) in [5, 5.41) is 15.6. The van der Waals surface area contributed by atoms with Crippen molar-refractivity contribution in [3.8, 4) is 0 Å². The van der Waals surface area contributed by atoms with E-state index < -0.39 is 12.0 Å². The van der Waals surface area contributed by atoms with Crippen molar-refractivity contribution in [1.82, 2.24) is 9.78 Å². The summed E-state index contributed by atoms with van der Waals surface area (Å²) >= 11 is 0. The first-order valence-electron chi connectivity index (χ1n) is 4.54. The fraction of sp³-hybridized carbons (Fsp3) is 0.556. The summed E-state index contributed by atoms with van der Waals surface area (Å²) in [6, 6.07) is -0.314. The molecule has 0 aliphatic heterocycles. The fourth-order valence-electron chi connectivity index (χ4n) is 1.01. The van der Waals surface area contributed by atoms with Gasteiger partial charge in [0.1, 0.15) is 6.04 Å². The Balaban J connectivity index is 2.64. The average Bonchev–Trinajstić information content (AvgIpc) is 2.52. The highest BCUT2D eigenvalue weighted by atomic mass is 16.4. The molecule has 0 aromatic carbocycles.